The molecule has 0 bridgehead atoms. The van der Waals surface area contributed by atoms with E-state index in [1.807, 2.05) is 24.3 Å². The van der Waals surface area contributed by atoms with Gasteiger partial charge in [0.1, 0.15) is 11.6 Å². The Morgan fingerprint density at radius 2 is 2.00 bits per heavy atom. The zero-order valence-corrected chi connectivity index (χ0v) is 12.1. The summed E-state index contributed by atoms with van der Waals surface area (Å²) < 4.78 is 5.22. The van der Waals surface area contributed by atoms with Crippen molar-refractivity contribution in [1.29, 1.82) is 0 Å². The van der Waals surface area contributed by atoms with Gasteiger partial charge >= 0.3 is 0 Å². The lowest BCUT2D eigenvalue weighted by atomic mass is 10.2. The number of rotatable bonds is 6. The molecule has 0 saturated carbocycles. The number of nitrogens with one attached hydrogen (secondary N) is 2. The lowest BCUT2D eigenvalue weighted by Gasteiger charge is -2.03. The van der Waals surface area contributed by atoms with Crippen LogP contribution in [0.15, 0.2) is 48.5 Å². The van der Waals surface area contributed by atoms with Crippen LogP contribution in [0.3, 0.4) is 0 Å². The van der Waals surface area contributed by atoms with Crippen LogP contribution in [0.2, 0.25) is 0 Å². The maximum absolute atomic E-state index is 5.22. The number of fused-ring (bicyclic) bond motifs is 1. The molecular formula is C17H19N3O. The van der Waals surface area contributed by atoms with E-state index in [9.17, 15) is 0 Å². The molecule has 3 rings (SSSR count). The molecule has 0 aliphatic carbocycles. The van der Waals surface area contributed by atoms with E-state index in [-0.39, 0.29) is 0 Å². The van der Waals surface area contributed by atoms with Crippen LogP contribution in [-0.2, 0) is 13.0 Å². The molecule has 0 atom stereocenters. The van der Waals surface area contributed by atoms with E-state index >= 15 is 0 Å². The van der Waals surface area contributed by atoms with Gasteiger partial charge in [0.05, 0.1) is 18.1 Å². The van der Waals surface area contributed by atoms with Gasteiger partial charge in [0.15, 0.2) is 0 Å². The number of ether oxygens (including phenoxy) is 1. The van der Waals surface area contributed by atoms with E-state index < -0.39 is 0 Å². The Labute approximate surface area is 124 Å². The second-order valence-electron chi connectivity index (χ2n) is 4.98. The number of hydrogen-bond acceptors (Lipinski definition) is 3. The average molecular weight is 281 g/mol. The molecule has 108 valence electrons. The molecule has 0 aliphatic heterocycles. The Balaban J connectivity index is 1.55. The molecule has 21 heavy (non-hydrogen) atoms. The predicted molar refractivity (Wildman–Crippen MR) is 84.5 cm³/mol. The largest absolute Gasteiger partial charge is 0.497 e. The summed E-state index contributed by atoms with van der Waals surface area (Å²) in [5, 5.41) is 3.43. The predicted octanol–water partition coefficient (Wildman–Crippen LogP) is 2.90. The van der Waals surface area contributed by atoms with Gasteiger partial charge in [0.2, 0.25) is 0 Å². The first-order chi connectivity index (χ1) is 10.3. The summed E-state index contributed by atoms with van der Waals surface area (Å²) in [6.07, 6.45) is 0.879. The molecule has 0 unspecified atom stereocenters. The second kappa shape index (κ2) is 6.41. The Kier molecular flexibility index (Phi) is 4.17. The molecule has 0 spiro atoms. The van der Waals surface area contributed by atoms with Crippen LogP contribution in [-0.4, -0.2) is 23.6 Å². The standard InChI is InChI=1S/C17H19N3O/c1-21-14-7-8-15-16(11-14)20-17(19-15)9-10-18-12-13-5-3-2-4-6-13/h2-8,11,18H,9-10,12H2,1H3,(H,19,20). The van der Waals surface area contributed by atoms with Crippen molar-refractivity contribution in [3.05, 3.63) is 59.9 Å². The van der Waals surface area contributed by atoms with E-state index in [1.54, 1.807) is 7.11 Å². The van der Waals surface area contributed by atoms with Crippen molar-refractivity contribution in [1.82, 2.24) is 15.3 Å². The molecule has 0 radical (unpaired) electrons. The fourth-order valence-electron chi connectivity index (χ4n) is 2.32. The topological polar surface area (TPSA) is 49.9 Å². The molecular weight excluding hydrogens is 262 g/mol. The van der Waals surface area contributed by atoms with Crippen molar-refractivity contribution in [2.75, 3.05) is 13.7 Å². The number of imidazole rings is 1. The Bertz CT molecular complexity index is 706. The maximum Gasteiger partial charge on any atom is 0.121 e. The summed E-state index contributed by atoms with van der Waals surface area (Å²) >= 11 is 0. The van der Waals surface area contributed by atoms with E-state index in [0.29, 0.717) is 0 Å². The smallest absolute Gasteiger partial charge is 0.121 e. The minimum atomic E-state index is 0.847. The quantitative estimate of drug-likeness (QED) is 0.683. The third-order valence-electron chi connectivity index (χ3n) is 3.45. The number of methoxy groups -OCH3 is 1. The summed E-state index contributed by atoms with van der Waals surface area (Å²) in [5.74, 6) is 1.85. The highest BCUT2D eigenvalue weighted by Gasteiger charge is 2.03. The second-order valence-corrected chi connectivity index (χ2v) is 4.98. The third kappa shape index (κ3) is 3.41. The monoisotopic (exact) mass is 281 g/mol. The third-order valence-corrected chi connectivity index (χ3v) is 3.45. The summed E-state index contributed by atoms with van der Waals surface area (Å²) in [6.45, 7) is 1.78. The van der Waals surface area contributed by atoms with E-state index in [1.165, 1.54) is 5.56 Å². The molecule has 2 N–H and O–H groups in total. The van der Waals surface area contributed by atoms with Crippen molar-refractivity contribution in [2.24, 2.45) is 0 Å². The highest BCUT2D eigenvalue weighted by atomic mass is 16.5. The van der Waals surface area contributed by atoms with Crippen LogP contribution < -0.4 is 10.1 Å². The van der Waals surface area contributed by atoms with E-state index in [2.05, 4.69) is 39.6 Å². The first kappa shape index (κ1) is 13.6. The highest BCUT2D eigenvalue weighted by molar-refractivity contribution is 5.76. The number of benzene rings is 2. The zero-order valence-electron chi connectivity index (χ0n) is 12.1. The normalized spacial score (nSPS) is 10.9. The zero-order chi connectivity index (χ0) is 14.5. The number of hydrogen-bond donors (Lipinski definition) is 2. The van der Waals surface area contributed by atoms with Gasteiger partial charge in [-0.2, -0.15) is 0 Å². The Morgan fingerprint density at radius 1 is 1.14 bits per heavy atom. The van der Waals surface area contributed by atoms with Crippen molar-refractivity contribution in [2.45, 2.75) is 13.0 Å². The van der Waals surface area contributed by atoms with Crippen LogP contribution in [0.1, 0.15) is 11.4 Å². The fraction of sp³-hybridized carbons (Fsp3) is 0.235. The molecule has 1 aromatic heterocycles. The van der Waals surface area contributed by atoms with Gasteiger partial charge in [-0.15, -0.1) is 0 Å². The molecule has 3 aromatic rings. The number of aromatic amines is 1. The van der Waals surface area contributed by atoms with Gasteiger partial charge in [-0.05, 0) is 17.7 Å². The van der Waals surface area contributed by atoms with Gasteiger partial charge in [-0.3, -0.25) is 0 Å². The first-order valence-corrected chi connectivity index (χ1v) is 7.12. The van der Waals surface area contributed by atoms with Gasteiger partial charge in [0.25, 0.3) is 0 Å². The molecule has 0 amide bonds. The van der Waals surface area contributed by atoms with Crippen LogP contribution in [0.4, 0.5) is 0 Å². The summed E-state index contributed by atoms with van der Waals surface area (Å²) in [4.78, 5) is 7.92. The first-order valence-electron chi connectivity index (χ1n) is 7.12. The Hall–Kier alpha value is -2.33. The van der Waals surface area contributed by atoms with Crippen molar-refractivity contribution in [3.63, 3.8) is 0 Å². The molecule has 2 aromatic carbocycles. The van der Waals surface area contributed by atoms with Gasteiger partial charge in [-0.1, -0.05) is 30.3 Å². The number of nitrogens with zero attached hydrogens (tertiary/aromatic N) is 1. The number of aromatic nitrogens is 2. The summed E-state index contributed by atoms with van der Waals surface area (Å²) in [5.41, 5.74) is 3.30. The SMILES string of the molecule is COc1ccc2nc(CCNCc3ccccc3)[nH]c2c1. The maximum atomic E-state index is 5.22. The Morgan fingerprint density at radius 3 is 2.81 bits per heavy atom. The van der Waals surface area contributed by atoms with Crippen LogP contribution in [0, 0.1) is 0 Å². The van der Waals surface area contributed by atoms with Crippen LogP contribution in [0.5, 0.6) is 5.75 Å². The van der Waals surface area contributed by atoms with Crippen LogP contribution >= 0.6 is 0 Å². The van der Waals surface area contributed by atoms with E-state index in [0.717, 1.165) is 42.1 Å². The molecule has 0 aliphatic rings. The molecule has 1 heterocycles. The molecule has 4 heteroatoms. The fourth-order valence-corrected chi connectivity index (χ4v) is 2.32. The summed E-state index contributed by atoms with van der Waals surface area (Å²) in [7, 11) is 1.67. The lowest BCUT2D eigenvalue weighted by Crippen LogP contribution is -2.17. The molecule has 0 fully saturated rings. The van der Waals surface area contributed by atoms with Gasteiger partial charge < -0.3 is 15.0 Å². The van der Waals surface area contributed by atoms with Crippen LogP contribution in [0.25, 0.3) is 11.0 Å². The van der Waals surface area contributed by atoms with Crippen molar-refractivity contribution < 1.29 is 4.74 Å². The summed E-state index contributed by atoms with van der Waals surface area (Å²) in [6, 6.07) is 16.3. The minimum absolute atomic E-state index is 0.847. The minimum Gasteiger partial charge on any atom is -0.497 e. The number of H-pyrrole nitrogens is 1. The van der Waals surface area contributed by atoms with Crippen molar-refractivity contribution >= 4 is 11.0 Å². The molecule has 0 saturated heterocycles. The molecule has 4 nitrogen and oxygen atoms in total. The van der Waals surface area contributed by atoms with Crippen molar-refractivity contribution in [3.8, 4) is 5.75 Å². The van der Waals surface area contributed by atoms with E-state index in [4.69, 9.17) is 4.74 Å². The average Bonchev–Trinajstić information content (AvgIpc) is 2.94. The lowest BCUT2D eigenvalue weighted by molar-refractivity contribution is 0.415. The van der Waals surface area contributed by atoms with Gasteiger partial charge in [-0.25, -0.2) is 4.98 Å². The van der Waals surface area contributed by atoms with Gasteiger partial charge in [0, 0.05) is 25.6 Å². The highest BCUT2D eigenvalue weighted by Crippen LogP contribution is 2.18.